The second-order valence-corrected chi connectivity index (χ2v) is 3.86. The van der Waals surface area contributed by atoms with Gasteiger partial charge in [-0.25, -0.2) is 0 Å². The van der Waals surface area contributed by atoms with Gasteiger partial charge in [-0.1, -0.05) is 0 Å². The van der Waals surface area contributed by atoms with E-state index in [2.05, 4.69) is 4.90 Å². The van der Waals surface area contributed by atoms with Crippen LogP contribution >= 0.6 is 0 Å². The number of aryl methyl sites for hydroxylation is 1. The van der Waals surface area contributed by atoms with E-state index in [-0.39, 0.29) is 6.54 Å². The monoisotopic (exact) mass is 197 g/mol. The van der Waals surface area contributed by atoms with Crippen molar-refractivity contribution in [2.24, 2.45) is 12.8 Å². The van der Waals surface area contributed by atoms with Crippen LogP contribution in [0.3, 0.4) is 0 Å². The summed E-state index contributed by atoms with van der Waals surface area (Å²) in [6.45, 7) is 1.14. The third kappa shape index (κ3) is 2.57. The second-order valence-electron chi connectivity index (χ2n) is 3.86. The highest BCUT2D eigenvalue weighted by Gasteiger charge is 2.10. The Labute approximate surface area is 84.9 Å². The predicted octanol–water partition coefficient (Wildman–Crippen LogP) is 0.0788. The first-order valence-electron chi connectivity index (χ1n) is 4.72. The highest BCUT2D eigenvalue weighted by molar-refractivity contribution is 5.21. The zero-order valence-corrected chi connectivity index (χ0v) is 9.07. The highest BCUT2D eigenvalue weighted by Crippen LogP contribution is 2.15. The molecule has 14 heavy (non-hydrogen) atoms. The molecule has 4 nitrogen and oxygen atoms in total. The Morgan fingerprint density at radius 3 is 2.71 bits per heavy atom. The van der Waals surface area contributed by atoms with Gasteiger partial charge < -0.3 is 20.3 Å². The molecule has 0 fully saturated rings. The quantitative estimate of drug-likeness (QED) is 0.718. The van der Waals surface area contributed by atoms with Gasteiger partial charge in [-0.3, -0.25) is 0 Å². The Morgan fingerprint density at radius 1 is 1.57 bits per heavy atom. The van der Waals surface area contributed by atoms with Gasteiger partial charge in [0, 0.05) is 32.0 Å². The number of aliphatic hydroxyl groups excluding tert-OH is 1. The number of nitrogens with zero attached hydrogens (tertiary/aromatic N) is 2. The van der Waals surface area contributed by atoms with E-state index in [1.165, 1.54) is 5.69 Å². The Balaban J connectivity index is 2.82. The molecule has 0 saturated heterocycles. The molecule has 3 N–H and O–H groups in total. The first kappa shape index (κ1) is 11.2. The molecule has 0 saturated carbocycles. The lowest BCUT2D eigenvalue weighted by molar-refractivity contribution is 0.186. The molecule has 1 aromatic rings. The molecule has 80 valence electrons. The Bertz CT molecular complexity index is 294. The minimum absolute atomic E-state index is 0.269. The fraction of sp³-hybridized carbons (Fsp3) is 0.600. The van der Waals surface area contributed by atoms with Gasteiger partial charge in [0.05, 0.1) is 6.10 Å². The van der Waals surface area contributed by atoms with Gasteiger partial charge in [-0.15, -0.1) is 0 Å². The topological polar surface area (TPSA) is 54.4 Å². The van der Waals surface area contributed by atoms with Gasteiger partial charge in [0.2, 0.25) is 0 Å². The van der Waals surface area contributed by atoms with E-state index in [4.69, 9.17) is 5.73 Å². The summed E-state index contributed by atoms with van der Waals surface area (Å²) in [5.41, 5.74) is 7.47. The average Bonchev–Trinajstić information content (AvgIpc) is 2.46. The minimum Gasteiger partial charge on any atom is -0.387 e. The number of hydrogen-bond acceptors (Lipinski definition) is 3. The number of aliphatic hydroxyl groups is 1. The van der Waals surface area contributed by atoms with Crippen LogP contribution in [0.1, 0.15) is 17.4 Å². The predicted molar refractivity (Wildman–Crippen MR) is 56.8 cm³/mol. The largest absolute Gasteiger partial charge is 0.387 e. The third-order valence-electron chi connectivity index (χ3n) is 2.22. The normalized spacial score (nSPS) is 13.6. The van der Waals surface area contributed by atoms with Crippen molar-refractivity contribution in [3.8, 4) is 0 Å². The number of aromatic nitrogens is 1. The summed E-state index contributed by atoms with van der Waals surface area (Å²) in [5, 5.41) is 9.55. The molecule has 1 aromatic heterocycles. The van der Waals surface area contributed by atoms with Crippen molar-refractivity contribution in [2.45, 2.75) is 12.6 Å². The van der Waals surface area contributed by atoms with Gasteiger partial charge in [-0.05, 0) is 25.7 Å². The van der Waals surface area contributed by atoms with Crippen LogP contribution < -0.4 is 5.73 Å². The maximum atomic E-state index is 9.55. The van der Waals surface area contributed by atoms with Crippen LogP contribution in [0, 0.1) is 0 Å². The van der Waals surface area contributed by atoms with Gasteiger partial charge in [0.1, 0.15) is 0 Å². The summed E-state index contributed by atoms with van der Waals surface area (Å²) < 4.78 is 2.02. The summed E-state index contributed by atoms with van der Waals surface area (Å²) in [6.07, 6.45) is 1.38. The molecule has 1 atom stereocenters. The average molecular weight is 197 g/mol. The lowest BCUT2D eigenvalue weighted by Crippen LogP contribution is -2.13. The van der Waals surface area contributed by atoms with Crippen molar-refractivity contribution in [3.63, 3.8) is 0 Å². The molecular weight excluding hydrogens is 178 g/mol. The molecule has 1 unspecified atom stereocenters. The summed E-state index contributed by atoms with van der Waals surface area (Å²) in [5.74, 6) is 0. The lowest BCUT2D eigenvalue weighted by atomic mass is 10.2. The van der Waals surface area contributed by atoms with Crippen LogP contribution in [0.2, 0.25) is 0 Å². The van der Waals surface area contributed by atoms with Crippen molar-refractivity contribution in [2.75, 3.05) is 20.6 Å². The first-order chi connectivity index (χ1) is 6.54. The van der Waals surface area contributed by atoms with Crippen LogP contribution in [0.15, 0.2) is 12.3 Å². The molecule has 0 aromatic carbocycles. The van der Waals surface area contributed by atoms with Gasteiger partial charge in [0.25, 0.3) is 0 Å². The van der Waals surface area contributed by atoms with Crippen LogP contribution in [0.5, 0.6) is 0 Å². The molecule has 0 radical (unpaired) electrons. The standard InChI is InChI=1S/C10H19N3O/c1-12(2)7-9-4-8(6-13(9)3)10(14)5-11/h4,6,10,14H,5,7,11H2,1-3H3. The molecule has 0 bridgehead atoms. The Morgan fingerprint density at radius 2 is 2.21 bits per heavy atom. The zero-order valence-electron chi connectivity index (χ0n) is 9.07. The maximum absolute atomic E-state index is 9.55. The molecule has 0 aliphatic carbocycles. The van der Waals surface area contributed by atoms with Gasteiger partial charge >= 0.3 is 0 Å². The maximum Gasteiger partial charge on any atom is 0.0926 e. The fourth-order valence-electron chi connectivity index (χ4n) is 1.44. The molecule has 1 rings (SSSR count). The minimum atomic E-state index is -0.544. The van der Waals surface area contributed by atoms with Crippen LogP contribution in [0.25, 0.3) is 0 Å². The van der Waals surface area contributed by atoms with E-state index < -0.39 is 6.10 Å². The van der Waals surface area contributed by atoms with Crippen LogP contribution in [-0.4, -0.2) is 35.2 Å². The molecule has 1 heterocycles. The van der Waals surface area contributed by atoms with Crippen LogP contribution in [0.4, 0.5) is 0 Å². The number of rotatable bonds is 4. The van der Waals surface area contributed by atoms with Crippen molar-refractivity contribution >= 4 is 0 Å². The second kappa shape index (κ2) is 4.59. The highest BCUT2D eigenvalue weighted by atomic mass is 16.3. The summed E-state index contributed by atoms with van der Waals surface area (Å²) in [7, 11) is 6.02. The SMILES string of the molecule is CN(C)Cc1cc(C(O)CN)cn1C. The van der Waals surface area contributed by atoms with E-state index in [0.717, 1.165) is 12.1 Å². The number of nitrogens with two attached hydrogens (primary N) is 1. The third-order valence-corrected chi connectivity index (χ3v) is 2.22. The van der Waals surface area contributed by atoms with E-state index in [1.807, 2.05) is 38.0 Å². The Hall–Kier alpha value is -0.840. The van der Waals surface area contributed by atoms with Crippen LogP contribution in [-0.2, 0) is 13.6 Å². The summed E-state index contributed by atoms with van der Waals surface area (Å²) in [4.78, 5) is 2.09. The summed E-state index contributed by atoms with van der Waals surface area (Å²) in [6, 6.07) is 2.00. The van der Waals surface area contributed by atoms with E-state index in [0.29, 0.717) is 0 Å². The summed E-state index contributed by atoms with van der Waals surface area (Å²) >= 11 is 0. The zero-order chi connectivity index (χ0) is 10.7. The smallest absolute Gasteiger partial charge is 0.0926 e. The van der Waals surface area contributed by atoms with Crippen molar-refractivity contribution in [3.05, 3.63) is 23.5 Å². The molecule has 0 spiro atoms. The molecule has 0 aliphatic heterocycles. The fourth-order valence-corrected chi connectivity index (χ4v) is 1.44. The van der Waals surface area contributed by atoms with E-state index in [1.54, 1.807) is 0 Å². The van der Waals surface area contributed by atoms with Gasteiger partial charge in [0.15, 0.2) is 0 Å². The van der Waals surface area contributed by atoms with Crippen molar-refractivity contribution in [1.29, 1.82) is 0 Å². The van der Waals surface area contributed by atoms with E-state index >= 15 is 0 Å². The van der Waals surface area contributed by atoms with Gasteiger partial charge in [-0.2, -0.15) is 0 Å². The molecule has 0 amide bonds. The molecule has 0 aliphatic rings. The van der Waals surface area contributed by atoms with Crippen molar-refractivity contribution in [1.82, 2.24) is 9.47 Å². The van der Waals surface area contributed by atoms with E-state index in [9.17, 15) is 5.11 Å². The van der Waals surface area contributed by atoms with Crippen molar-refractivity contribution < 1.29 is 5.11 Å². The first-order valence-corrected chi connectivity index (χ1v) is 4.72. The Kier molecular flexibility index (Phi) is 3.69. The number of hydrogen-bond donors (Lipinski definition) is 2. The molecule has 4 heteroatoms. The molecular formula is C10H19N3O. The lowest BCUT2D eigenvalue weighted by Gasteiger charge is -2.09.